The third kappa shape index (κ3) is 3.61. The minimum Gasteiger partial charge on any atom is -0.252 e. The summed E-state index contributed by atoms with van der Waals surface area (Å²) in [5.74, 6) is -2.05. The van der Waals surface area contributed by atoms with E-state index in [1.807, 2.05) is 36.4 Å². The largest absolute Gasteiger partial charge is 0.252 e. The van der Waals surface area contributed by atoms with Gasteiger partial charge in [-0.3, -0.25) is 9.97 Å². The van der Waals surface area contributed by atoms with Crippen molar-refractivity contribution in [2.24, 2.45) is 0 Å². The minimum atomic E-state index is -0.535. The number of aromatic nitrogens is 2. The summed E-state index contributed by atoms with van der Waals surface area (Å²) in [4.78, 5) is 8.92. The van der Waals surface area contributed by atoms with Crippen LogP contribution in [0.15, 0.2) is 85.2 Å². The Morgan fingerprint density at radius 3 is 1.28 bits per heavy atom. The molecule has 0 atom stereocenters. The van der Waals surface area contributed by atoms with Gasteiger partial charge in [0.1, 0.15) is 11.4 Å². The van der Waals surface area contributed by atoms with Crippen molar-refractivity contribution < 1.29 is 17.6 Å². The number of pyridine rings is 2. The highest BCUT2D eigenvalue weighted by Crippen LogP contribution is 2.50. The van der Waals surface area contributed by atoms with Gasteiger partial charge < -0.3 is 0 Å². The Hall–Kier alpha value is -4.48. The Morgan fingerprint density at radius 1 is 0.413 bits per heavy atom. The summed E-state index contributed by atoms with van der Waals surface area (Å²) in [6, 6.07) is 21.6. The number of fused-ring (bicyclic) bond motifs is 9. The smallest absolute Gasteiger partial charge is 0.158 e. The number of hydrogen-bond acceptors (Lipinski definition) is 6. The molecule has 0 saturated carbocycles. The molecule has 220 valence electrons. The zero-order chi connectivity index (χ0) is 30.8. The summed E-state index contributed by atoms with van der Waals surface area (Å²) < 4.78 is 68.1. The van der Waals surface area contributed by atoms with Gasteiger partial charge in [-0.1, -0.05) is 48.5 Å². The molecule has 0 spiro atoms. The highest BCUT2D eigenvalue weighted by molar-refractivity contribution is 7.37. The van der Waals surface area contributed by atoms with E-state index < -0.39 is 23.3 Å². The summed E-state index contributed by atoms with van der Waals surface area (Å²) in [5, 5.41) is 4.75. The second-order valence-electron chi connectivity index (χ2n) is 11.1. The number of halogens is 4. The predicted molar refractivity (Wildman–Crippen MR) is 187 cm³/mol. The molecule has 0 fully saturated rings. The Morgan fingerprint density at radius 2 is 0.826 bits per heavy atom. The number of nitrogens with zero attached hydrogens (tertiary/aromatic N) is 2. The van der Waals surface area contributed by atoms with Crippen molar-refractivity contribution in [2.45, 2.75) is 0 Å². The van der Waals surface area contributed by atoms with Crippen molar-refractivity contribution in [1.82, 2.24) is 9.97 Å². The quantitative estimate of drug-likeness (QED) is 0.170. The van der Waals surface area contributed by atoms with Crippen LogP contribution in [0.1, 0.15) is 0 Å². The normalized spacial score (nSPS) is 12.3. The van der Waals surface area contributed by atoms with E-state index in [-0.39, 0.29) is 21.1 Å². The van der Waals surface area contributed by atoms with E-state index in [1.165, 1.54) is 22.7 Å². The molecule has 0 unspecified atom stereocenters. The summed E-state index contributed by atoms with van der Waals surface area (Å²) in [6.45, 7) is 0. The van der Waals surface area contributed by atoms with Crippen molar-refractivity contribution in [3.8, 4) is 21.1 Å². The third-order valence-electron chi connectivity index (χ3n) is 8.48. The lowest BCUT2D eigenvalue weighted by Gasteiger charge is -2.04. The minimum absolute atomic E-state index is 0.00741. The van der Waals surface area contributed by atoms with Gasteiger partial charge in [-0.2, -0.15) is 0 Å². The van der Waals surface area contributed by atoms with E-state index in [4.69, 9.17) is 0 Å². The first-order chi connectivity index (χ1) is 22.4. The first-order valence-electron chi connectivity index (χ1n) is 14.1. The third-order valence-corrected chi connectivity index (χ3v) is 13.3. The molecule has 2 nitrogen and oxygen atoms in total. The molecule has 10 aromatic rings. The van der Waals surface area contributed by atoms with Crippen molar-refractivity contribution in [3.63, 3.8) is 0 Å². The molecule has 0 saturated heterocycles. The highest BCUT2D eigenvalue weighted by Gasteiger charge is 2.24. The molecular formula is C36H14F4N2S4. The van der Waals surface area contributed by atoms with Crippen LogP contribution < -0.4 is 0 Å². The van der Waals surface area contributed by atoms with Crippen molar-refractivity contribution in [1.29, 1.82) is 0 Å². The lowest BCUT2D eigenvalue weighted by atomic mass is 10.1. The molecular weight excluding hydrogens is 665 g/mol. The second-order valence-corrected chi connectivity index (χ2v) is 15.3. The van der Waals surface area contributed by atoms with Gasteiger partial charge in [0.25, 0.3) is 0 Å². The molecule has 0 bridgehead atoms. The van der Waals surface area contributed by atoms with Crippen LogP contribution in [0, 0.1) is 23.3 Å². The molecule has 4 aromatic carbocycles. The predicted octanol–water partition coefficient (Wildman–Crippen LogP) is 12.7. The van der Waals surface area contributed by atoms with Crippen molar-refractivity contribution in [3.05, 3.63) is 108 Å². The zero-order valence-corrected chi connectivity index (χ0v) is 26.4. The van der Waals surface area contributed by atoms with Gasteiger partial charge in [0.15, 0.2) is 23.3 Å². The summed E-state index contributed by atoms with van der Waals surface area (Å²) in [7, 11) is 0. The summed E-state index contributed by atoms with van der Waals surface area (Å²) >= 11 is 5.50. The van der Waals surface area contributed by atoms with Gasteiger partial charge in [-0.15, -0.1) is 45.3 Å². The van der Waals surface area contributed by atoms with Gasteiger partial charge in [0.05, 0.1) is 19.2 Å². The molecule has 6 heterocycles. The fourth-order valence-electron chi connectivity index (χ4n) is 6.26. The van der Waals surface area contributed by atoms with Gasteiger partial charge in [-0.25, -0.2) is 17.6 Å². The van der Waals surface area contributed by atoms with Gasteiger partial charge in [0.2, 0.25) is 0 Å². The Labute approximate surface area is 272 Å². The van der Waals surface area contributed by atoms with E-state index in [9.17, 15) is 0 Å². The van der Waals surface area contributed by atoms with Crippen LogP contribution in [0.25, 0.3) is 92.4 Å². The molecule has 0 aliphatic carbocycles. The number of hydrogen-bond donors (Lipinski definition) is 0. The van der Waals surface area contributed by atoms with Crippen LogP contribution in [0.4, 0.5) is 17.6 Å². The first kappa shape index (κ1) is 26.7. The highest BCUT2D eigenvalue weighted by atomic mass is 32.1. The fraction of sp³-hybridized carbons (Fsp3) is 0. The first-order valence-corrected chi connectivity index (χ1v) is 17.4. The lowest BCUT2D eigenvalue weighted by molar-refractivity contribution is 0.627. The molecule has 10 heteroatoms. The van der Waals surface area contributed by atoms with Crippen molar-refractivity contribution >= 4 is 117 Å². The molecule has 0 amide bonds. The topological polar surface area (TPSA) is 25.8 Å². The van der Waals surface area contributed by atoms with Crippen LogP contribution >= 0.6 is 45.3 Å². The second kappa shape index (κ2) is 9.52. The molecule has 0 radical (unpaired) electrons. The van der Waals surface area contributed by atoms with Gasteiger partial charge in [-0.05, 0) is 24.3 Å². The van der Waals surface area contributed by atoms with E-state index in [2.05, 4.69) is 9.97 Å². The number of benzene rings is 4. The van der Waals surface area contributed by atoms with Crippen LogP contribution in [-0.2, 0) is 0 Å². The van der Waals surface area contributed by atoms with E-state index in [0.717, 1.165) is 29.6 Å². The number of rotatable bonds is 2. The van der Waals surface area contributed by atoms with Crippen LogP contribution in [-0.4, -0.2) is 9.97 Å². The average Bonchev–Trinajstić information content (AvgIpc) is 3.79. The SMILES string of the molecule is Fc1c(-c2sc3cc4sc5c6cc7c(F)c(-c8ncc9ccccc9c8F)sc7cc6sc5c4cc3c2F)ncc2ccccc12. The lowest BCUT2D eigenvalue weighted by Crippen LogP contribution is -1.91. The molecule has 0 aliphatic rings. The molecule has 46 heavy (non-hydrogen) atoms. The van der Waals surface area contributed by atoms with Crippen LogP contribution in [0.3, 0.4) is 0 Å². The summed E-state index contributed by atoms with van der Waals surface area (Å²) in [6.07, 6.45) is 3.14. The van der Waals surface area contributed by atoms with E-state index >= 15 is 17.6 Å². The van der Waals surface area contributed by atoms with Gasteiger partial charge in [0, 0.05) is 74.3 Å². The van der Waals surface area contributed by atoms with E-state index in [1.54, 1.807) is 71.5 Å². The zero-order valence-electron chi connectivity index (χ0n) is 23.1. The van der Waals surface area contributed by atoms with E-state index in [0.29, 0.717) is 41.7 Å². The number of thiophene rings is 4. The standard InChI is InChI=1S/C36H14F4N2S4/c37-27-17-7-3-1-5-15(17)13-41-31(27)35-29(39)19-9-21-25(11-23(19)45-35)43-34-22-10-20-24(12-26(22)44-33(21)34)46-36(30(20)40)32-28(38)18-8-4-2-6-16(18)14-42-32/h1-14H. The van der Waals surface area contributed by atoms with Crippen LogP contribution in [0.2, 0.25) is 0 Å². The maximum atomic E-state index is 16.0. The van der Waals surface area contributed by atoms with Crippen molar-refractivity contribution in [2.75, 3.05) is 0 Å². The average molecular weight is 679 g/mol. The molecule has 6 aromatic heterocycles. The fourth-order valence-corrected chi connectivity index (χ4v) is 11.3. The Kier molecular flexibility index (Phi) is 5.53. The molecule has 10 rings (SSSR count). The summed E-state index contributed by atoms with van der Waals surface area (Å²) in [5.41, 5.74) is 0.0148. The maximum Gasteiger partial charge on any atom is 0.158 e. The monoisotopic (exact) mass is 678 g/mol. The maximum absolute atomic E-state index is 16.0. The molecule has 0 aliphatic heterocycles. The Balaban J connectivity index is 1.13. The van der Waals surface area contributed by atoms with Gasteiger partial charge >= 0.3 is 0 Å². The molecule has 0 N–H and O–H groups in total. The Bertz CT molecular complexity index is 2730. The van der Waals surface area contributed by atoms with Crippen LogP contribution in [0.5, 0.6) is 0 Å².